The Bertz CT molecular complexity index is 955. The van der Waals surface area contributed by atoms with Crippen LogP contribution in [0.25, 0.3) is 5.65 Å². The smallest absolute Gasteiger partial charge is 0.142 e. The van der Waals surface area contributed by atoms with E-state index in [-0.39, 0.29) is 6.04 Å². The zero-order valence-corrected chi connectivity index (χ0v) is 17.5. The highest BCUT2D eigenvalue weighted by atomic mass is 16.5. The number of imidazole rings is 1. The zero-order valence-electron chi connectivity index (χ0n) is 17.5. The fourth-order valence-corrected chi connectivity index (χ4v) is 4.05. The number of nitrogens with zero attached hydrogens (tertiary/aromatic N) is 5. The van der Waals surface area contributed by atoms with Gasteiger partial charge in [-0.25, -0.2) is 4.98 Å². The quantitative estimate of drug-likeness (QED) is 0.634. The molecule has 1 N–H and O–H groups in total. The Labute approximate surface area is 172 Å². The lowest BCUT2D eigenvalue weighted by molar-refractivity contribution is 0.155. The number of likely N-dealkylation sites (N-methyl/N-ethyl adjacent to an activating group) is 2. The summed E-state index contributed by atoms with van der Waals surface area (Å²) in [5.41, 5.74) is 3.07. The van der Waals surface area contributed by atoms with Crippen LogP contribution in [-0.4, -0.2) is 59.6 Å². The molecule has 1 atom stereocenters. The third kappa shape index (κ3) is 4.06. The van der Waals surface area contributed by atoms with Crippen LogP contribution in [0.1, 0.15) is 30.8 Å². The van der Waals surface area contributed by atoms with Crippen LogP contribution in [0.4, 0.5) is 5.82 Å². The number of fused-ring (bicyclic) bond motifs is 2. The monoisotopic (exact) mass is 394 g/mol. The number of ether oxygens (including phenoxy) is 1. The van der Waals surface area contributed by atoms with Crippen molar-refractivity contribution in [3.63, 3.8) is 0 Å². The van der Waals surface area contributed by atoms with Gasteiger partial charge in [0.25, 0.3) is 0 Å². The third-order valence-corrected chi connectivity index (χ3v) is 5.57. The molecule has 1 aliphatic rings. The van der Waals surface area contributed by atoms with Crippen LogP contribution in [0, 0.1) is 0 Å². The van der Waals surface area contributed by atoms with Crippen molar-refractivity contribution in [3.8, 4) is 5.75 Å². The van der Waals surface area contributed by atoms with Gasteiger partial charge < -0.3 is 15.0 Å². The highest BCUT2D eigenvalue weighted by Gasteiger charge is 2.26. The van der Waals surface area contributed by atoms with Gasteiger partial charge in [-0.15, -0.1) is 0 Å². The molecule has 0 aromatic carbocycles. The van der Waals surface area contributed by atoms with Crippen LogP contribution in [0.5, 0.6) is 5.75 Å². The van der Waals surface area contributed by atoms with Crippen molar-refractivity contribution < 1.29 is 4.74 Å². The van der Waals surface area contributed by atoms with Gasteiger partial charge in [0.15, 0.2) is 0 Å². The molecule has 4 heterocycles. The van der Waals surface area contributed by atoms with E-state index in [0.717, 1.165) is 62.0 Å². The SMILES string of the molecule is CCN(CCNC)c1cccc2nc(CN(C)C3CCOc4cccnc43)cn12. The molecule has 0 aliphatic carbocycles. The predicted molar refractivity (Wildman–Crippen MR) is 116 cm³/mol. The summed E-state index contributed by atoms with van der Waals surface area (Å²) >= 11 is 0. The lowest BCUT2D eigenvalue weighted by Gasteiger charge is -2.31. The maximum Gasteiger partial charge on any atom is 0.142 e. The molecule has 1 aliphatic heterocycles. The van der Waals surface area contributed by atoms with E-state index in [0.29, 0.717) is 0 Å². The van der Waals surface area contributed by atoms with E-state index in [2.05, 4.69) is 62.9 Å². The topological polar surface area (TPSA) is 57.9 Å². The van der Waals surface area contributed by atoms with Crippen LogP contribution < -0.4 is 15.0 Å². The maximum atomic E-state index is 5.77. The van der Waals surface area contributed by atoms with Gasteiger partial charge in [0.1, 0.15) is 17.2 Å². The van der Waals surface area contributed by atoms with Crippen LogP contribution in [0.3, 0.4) is 0 Å². The predicted octanol–water partition coefficient (Wildman–Crippen LogP) is 2.73. The lowest BCUT2D eigenvalue weighted by atomic mass is 10.1. The average molecular weight is 395 g/mol. The van der Waals surface area contributed by atoms with Gasteiger partial charge in [0.05, 0.1) is 24.0 Å². The molecule has 0 fully saturated rings. The summed E-state index contributed by atoms with van der Waals surface area (Å²) in [6.45, 7) is 6.55. The standard InChI is InChI=1S/C22H30N6O/c1-4-27(13-12-23-2)21-9-5-8-20-25-17(16-28(20)21)15-26(3)18-10-14-29-19-7-6-11-24-22(18)19/h5-9,11,16,18,23H,4,10,12-15H2,1-3H3. The van der Waals surface area contributed by atoms with Gasteiger partial charge >= 0.3 is 0 Å². The molecule has 0 bridgehead atoms. The Morgan fingerprint density at radius 2 is 2.17 bits per heavy atom. The molecule has 1 unspecified atom stereocenters. The first-order valence-electron chi connectivity index (χ1n) is 10.4. The second kappa shape index (κ2) is 8.80. The normalized spacial score (nSPS) is 16.1. The first-order chi connectivity index (χ1) is 14.2. The Hall–Kier alpha value is -2.64. The van der Waals surface area contributed by atoms with Crippen molar-refractivity contribution in [2.24, 2.45) is 0 Å². The molecule has 0 amide bonds. The van der Waals surface area contributed by atoms with Crippen molar-refractivity contribution in [1.29, 1.82) is 0 Å². The number of hydrogen-bond donors (Lipinski definition) is 1. The minimum absolute atomic E-state index is 0.243. The third-order valence-electron chi connectivity index (χ3n) is 5.57. The zero-order chi connectivity index (χ0) is 20.2. The number of anilines is 1. The highest BCUT2D eigenvalue weighted by molar-refractivity contribution is 5.52. The van der Waals surface area contributed by atoms with E-state index >= 15 is 0 Å². The van der Waals surface area contributed by atoms with E-state index in [9.17, 15) is 0 Å². The molecule has 29 heavy (non-hydrogen) atoms. The van der Waals surface area contributed by atoms with Crippen molar-refractivity contribution in [3.05, 3.63) is 54.1 Å². The molecule has 7 nitrogen and oxygen atoms in total. The van der Waals surface area contributed by atoms with Gasteiger partial charge in [-0.1, -0.05) is 6.07 Å². The van der Waals surface area contributed by atoms with E-state index in [1.54, 1.807) is 0 Å². The minimum Gasteiger partial charge on any atom is -0.492 e. The summed E-state index contributed by atoms with van der Waals surface area (Å²) in [4.78, 5) is 14.2. The van der Waals surface area contributed by atoms with Gasteiger partial charge in [-0.3, -0.25) is 14.3 Å². The largest absolute Gasteiger partial charge is 0.492 e. The molecular weight excluding hydrogens is 364 g/mol. The van der Waals surface area contributed by atoms with Crippen LogP contribution in [0.2, 0.25) is 0 Å². The summed E-state index contributed by atoms with van der Waals surface area (Å²) in [6.07, 6.45) is 4.95. The molecule has 7 heteroatoms. The summed E-state index contributed by atoms with van der Waals surface area (Å²) in [6, 6.07) is 10.5. The van der Waals surface area contributed by atoms with Crippen LogP contribution in [0.15, 0.2) is 42.7 Å². The van der Waals surface area contributed by atoms with Crippen molar-refractivity contribution in [2.45, 2.75) is 25.9 Å². The maximum absolute atomic E-state index is 5.77. The van der Waals surface area contributed by atoms with Crippen molar-refractivity contribution >= 4 is 11.5 Å². The molecule has 0 saturated heterocycles. The van der Waals surface area contributed by atoms with Gasteiger partial charge in [-0.2, -0.15) is 0 Å². The number of rotatable bonds is 8. The Morgan fingerprint density at radius 3 is 3.00 bits per heavy atom. The van der Waals surface area contributed by atoms with E-state index < -0.39 is 0 Å². The van der Waals surface area contributed by atoms with Gasteiger partial charge in [0, 0.05) is 45.0 Å². The van der Waals surface area contributed by atoms with Crippen LogP contribution >= 0.6 is 0 Å². The molecule has 0 radical (unpaired) electrons. The molecule has 154 valence electrons. The lowest BCUT2D eigenvalue weighted by Crippen LogP contribution is -2.31. The van der Waals surface area contributed by atoms with Gasteiger partial charge in [-0.05, 0) is 45.3 Å². The minimum atomic E-state index is 0.243. The van der Waals surface area contributed by atoms with E-state index in [1.165, 1.54) is 5.82 Å². The molecular formula is C22H30N6O. The first kappa shape index (κ1) is 19.7. The van der Waals surface area contributed by atoms with E-state index in [1.807, 2.05) is 25.4 Å². The molecule has 0 saturated carbocycles. The molecule has 0 spiro atoms. The molecule has 4 rings (SSSR count). The summed E-state index contributed by atoms with van der Waals surface area (Å²) < 4.78 is 7.98. The Kier molecular flexibility index (Phi) is 5.97. The summed E-state index contributed by atoms with van der Waals surface area (Å²) in [7, 11) is 4.13. The second-order valence-electron chi connectivity index (χ2n) is 7.48. The summed E-state index contributed by atoms with van der Waals surface area (Å²) in [5, 5.41) is 3.24. The first-order valence-corrected chi connectivity index (χ1v) is 10.4. The number of hydrogen-bond acceptors (Lipinski definition) is 6. The number of pyridine rings is 2. The molecule has 3 aromatic rings. The fraction of sp³-hybridized carbons (Fsp3) is 0.455. The Morgan fingerprint density at radius 1 is 1.28 bits per heavy atom. The molecule has 3 aromatic heterocycles. The number of aromatic nitrogens is 3. The number of nitrogens with one attached hydrogen (secondary N) is 1. The van der Waals surface area contributed by atoms with Crippen LogP contribution in [-0.2, 0) is 6.54 Å². The van der Waals surface area contributed by atoms with Crippen molar-refractivity contribution in [2.75, 3.05) is 45.2 Å². The van der Waals surface area contributed by atoms with Gasteiger partial charge in [0.2, 0.25) is 0 Å². The fourth-order valence-electron chi connectivity index (χ4n) is 4.05. The Balaban J connectivity index is 1.57. The van der Waals surface area contributed by atoms with E-state index in [4.69, 9.17) is 9.72 Å². The second-order valence-corrected chi connectivity index (χ2v) is 7.48. The average Bonchev–Trinajstić information content (AvgIpc) is 3.16. The van der Waals surface area contributed by atoms with Crippen molar-refractivity contribution in [1.82, 2.24) is 24.6 Å². The summed E-state index contributed by atoms with van der Waals surface area (Å²) in [5.74, 6) is 2.08. The highest BCUT2D eigenvalue weighted by Crippen LogP contribution is 2.34.